The van der Waals surface area contributed by atoms with Gasteiger partial charge in [-0.2, -0.15) is 0 Å². The van der Waals surface area contributed by atoms with Gasteiger partial charge in [-0.15, -0.1) is 11.6 Å². The van der Waals surface area contributed by atoms with Crippen LogP contribution in [-0.2, 0) is 4.79 Å². The van der Waals surface area contributed by atoms with E-state index >= 15 is 0 Å². The highest BCUT2D eigenvalue weighted by atomic mass is 35.5. The summed E-state index contributed by atoms with van der Waals surface area (Å²) >= 11 is 16.4. The summed E-state index contributed by atoms with van der Waals surface area (Å²) in [4.78, 5) is 10.3. The zero-order valence-electron chi connectivity index (χ0n) is 5.98. The van der Waals surface area contributed by atoms with Crippen molar-refractivity contribution in [2.24, 2.45) is 0 Å². The quantitative estimate of drug-likeness (QED) is 0.738. The molecular weight excluding hydrogens is 210 g/mol. The van der Waals surface area contributed by atoms with Crippen molar-refractivity contribution < 1.29 is 9.90 Å². The fourth-order valence-electron chi connectivity index (χ4n) is 0.487. The Labute approximate surface area is 80.4 Å². The number of alkyl halides is 3. The molecule has 0 aliphatic rings. The zero-order chi connectivity index (χ0) is 9.07. The summed E-state index contributed by atoms with van der Waals surface area (Å²) in [5.74, 6) is -1.22. The zero-order valence-corrected chi connectivity index (χ0v) is 8.25. The Balaban J connectivity index is 3.83. The number of rotatable bonds is 4. The van der Waals surface area contributed by atoms with Crippen molar-refractivity contribution in [1.29, 1.82) is 0 Å². The van der Waals surface area contributed by atoms with Gasteiger partial charge in [-0.3, -0.25) is 0 Å². The van der Waals surface area contributed by atoms with E-state index in [1.54, 1.807) is 6.92 Å². The molecule has 0 rings (SSSR count). The van der Waals surface area contributed by atoms with Crippen LogP contribution in [0.15, 0.2) is 0 Å². The maximum Gasteiger partial charge on any atom is 0.340 e. The second kappa shape index (κ2) is 4.39. The first-order chi connectivity index (χ1) is 4.86. The lowest BCUT2D eigenvalue weighted by atomic mass is 10.2. The Morgan fingerprint density at radius 2 is 2.09 bits per heavy atom. The molecule has 0 saturated heterocycles. The normalized spacial score (nSPS) is 14.5. The molecule has 0 aliphatic heterocycles. The average Bonchev–Trinajstić information content (AvgIpc) is 1.84. The van der Waals surface area contributed by atoms with Gasteiger partial charge in [0.15, 0.2) is 0 Å². The molecule has 1 unspecified atom stereocenters. The monoisotopic (exact) mass is 218 g/mol. The van der Waals surface area contributed by atoms with Crippen LogP contribution in [0.2, 0.25) is 0 Å². The van der Waals surface area contributed by atoms with Crippen LogP contribution in [0.3, 0.4) is 0 Å². The van der Waals surface area contributed by atoms with Crippen LogP contribution in [0.25, 0.3) is 0 Å². The Morgan fingerprint density at radius 1 is 1.64 bits per heavy atom. The maximum absolute atomic E-state index is 10.3. The Bertz CT molecular complexity index is 145. The molecule has 0 amide bonds. The topological polar surface area (TPSA) is 37.3 Å². The van der Waals surface area contributed by atoms with E-state index in [1.807, 2.05) is 0 Å². The van der Waals surface area contributed by atoms with Gasteiger partial charge in [-0.1, -0.05) is 23.2 Å². The molecule has 0 fully saturated rings. The second-order valence-electron chi connectivity index (χ2n) is 2.33. The van der Waals surface area contributed by atoms with Gasteiger partial charge < -0.3 is 5.11 Å². The lowest BCUT2D eigenvalue weighted by Gasteiger charge is -2.13. The van der Waals surface area contributed by atoms with E-state index < -0.39 is 10.3 Å². The largest absolute Gasteiger partial charge is 0.479 e. The number of carboxylic acid groups (broad SMARTS) is 1. The molecule has 66 valence electrons. The van der Waals surface area contributed by atoms with Crippen molar-refractivity contribution in [3.8, 4) is 0 Å². The lowest BCUT2D eigenvalue weighted by molar-refractivity contribution is -0.137. The van der Waals surface area contributed by atoms with Gasteiger partial charge in [0.25, 0.3) is 0 Å². The average molecular weight is 219 g/mol. The van der Waals surface area contributed by atoms with Crippen molar-refractivity contribution in [2.75, 3.05) is 0 Å². The van der Waals surface area contributed by atoms with E-state index in [2.05, 4.69) is 0 Å². The lowest BCUT2D eigenvalue weighted by Crippen LogP contribution is -2.25. The number of hydrogen-bond donors (Lipinski definition) is 1. The number of carbonyl (C=O) groups is 1. The maximum atomic E-state index is 10.3. The van der Waals surface area contributed by atoms with Crippen molar-refractivity contribution in [1.82, 2.24) is 0 Å². The number of halogens is 3. The summed E-state index contributed by atoms with van der Waals surface area (Å²) in [5.41, 5.74) is 0. The van der Waals surface area contributed by atoms with Gasteiger partial charge in [-0.25, -0.2) is 4.79 Å². The van der Waals surface area contributed by atoms with Gasteiger partial charge in [0.1, 0.15) is 0 Å². The van der Waals surface area contributed by atoms with E-state index in [0.29, 0.717) is 6.42 Å². The number of aliphatic carboxylic acids is 1. The highest BCUT2D eigenvalue weighted by molar-refractivity contribution is 6.57. The third kappa shape index (κ3) is 4.72. The third-order valence-corrected chi connectivity index (χ3v) is 2.09. The highest BCUT2D eigenvalue weighted by Gasteiger charge is 2.33. The van der Waals surface area contributed by atoms with Crippen molar-refractivity contribution in [3.05, 3.63) is 0 Å². The molecule has 0 spiro atoms. The molecule has 0 bridgehead atoms. The highest BCUT2D eigenvalue weighted by Crippen LogP contribution is 2.28. The molecule has 5 heteroatoms. The van der Waals surface area contributed by atoms with E-state index in [4.69, 9.17) is 39.9 Å². The fraction of sp³-hybridized carbons (Fsp3) is 0.833. The molecule has 0 aromatic heterocycles. The first-order valence-corrected chi connectivity index (χ1v) is 4.31. The second-order valence-corrected chi connectivity index (χ2v) is 4.56. The minimum absolute atomic E-state index is 0.105. The van der Waals surface area contributed by atoms with Crippen LogP contribution in [0.5, 0.6) is 0 Å². The molecule has 0 radical (unpaired) electrons. The number of carboxylic acids is 1. The summed E-state index contributed by atoms with van der Waals surface area (Å²) in [7, 11) is 0. The molecule has 1 atom stereocenters. The first kappa shape index (κ1) is 11.3. The third-order valence-electron chi connectivity index (χ3n) is 1.17. The standard InChI is InChI=1S/C6H9Cl3O2/c1-4(7)2-3-6(8,9)5(10)11/h4H,2-3H2,1H3,(H,10,11). The van der Waals surface area contributed by atoms with E-state index in [0.717, 1.165) is 0 Å². The van der Waals surface area contributed by atoms with Crippen molar-refractivity contribution in [2.45, 2.75) is 29.5 Å². The van der Waals surface area contributed by atoms with Crippen LogP contribution in [-0.4, -0.2) is 20.8 Å². The van der Waals surface area contributed by atoms with Crippen LogP contribution in [0.4, 0.5) is 0 Å². The summed E-state index contributed by atoms with van der Waals surface area (Å²) in [5, 5.41) is 8.34. The van der Waals surface area contributed by atoms with Crippen LogP contribution < -0.4 is 0 Å². The van der Waals surface area contributed by atoms with Gasteiger partial charge in [0.2, 0.25) is 4.33 Å². The van der Waals surface area contributed by atoms with E-state index in [9.17, 15) is 4.79 Å². The molecule has 2 nitrogen and oxygen atoms in total. The molecule has 1 N–H and O–H groups in total. The Morgan fingerprint density at radius 3 is 2.36 bits per heavy atom. The molecule has 0 aliphatic carbocycles. The summed E-state index contributed by atoms with van der Waals surface area (Å²) < 4.78 is -1.69. The van der Waals surface area contributed by atoms with Crippen molar-refractivity contribution >= 4 is 40.8 Å². The Kier molecular flexibility index (Phi) is 4.52. The summed E-state index contributed by atoms with van der Waals surface area (Å²) in [6, 6.07) is 0. The van der Waals surface area contributed by atoms with Gasteiger partial charge in [0.05, 0.1) is 0 Å². The first-order valence-electron chi connectivity index (χ1n) is 3.11. The molecule has 0 heterocycles. The molecular formula is C6H9Cl3O2. The van der Waals surface area contributed by atoms with Crippen LogP contribution in [0.1, 0.15) is 19.8 Å². The number of hydrogen-bond acceptors (Lipinski definition) is 1. The molecule has 11 heavy (non-hydrogen) atoms. The van der Waals surface area contributed by atoms with Crippen LogP contribution >= 0.6 is 34.8 Å². The summed E-state index contributed by atoms with van der Waals surface area (Å²) in [6.07, 6.45) is 0.650. The van der Waals surface area contributed by atoms with E-state index in [-0.39, 0.29) is 11.8 Å². The fourth-order valence-corrected chi connectivity index (χ4v) is 0.814. The Hall–Kier alpha value is 0.340. The van der Waals surface area contributed by atoms with Crippen LogP contribution in [0, 0.1) is 0 Å². The van der Waals surface area contributed by atoms with E-state index in [1.165, 1.54) is 0 Å². The molecule has 0 aromatic rings. The predicted octanol–water partition coefficient (Wildman–Crippen LogP) is 2.65. The van der Waals surface area contributed by atoms with Gasteiger partial charge >= 0.3 is 5.97 Å². The van der Waals surface area contributed by atoms with Crippen molar-refractivity contribution in [3.63, 3.8) is 0 Å². The predicted molar refractivity (Wildman–Crippen MR) is 46.6 cm³/mol. The smallest absolute Gasteiger partial charge is 0.340 e. The van der Waals surface area contributed by atoms with Gasteiger partial charge in [0, 0.05) is 5.38 Å². The van der Waals surface area contributed by atoms with Gasteiger partial charge in [-0.05, 0) is 19.8 Å². The SMILES string of the molecule is CC(Cl)CCC(Cl)(Cl)C(=O)O. The summed E-state index contributed by atoms with van der Waals surface area (Å²) in [6.45, 7) is 1.76. The molecule has 0 saturated carbocycles. The minimum Gasteiger partial charge on any atom is -0.479 e. The molecule has 0 aromatic carbocycles. The minimum atomic E-state index is -1.69.